The quantitative estimate of drug-likeness (QED) is 0.609. The first-order valence-corrected chi connectivity index (χ1v) is 9.18. The molecule has 0 aliphatic carbocycles. The van der Waals surface area contributed by atoms with Gasteiger partial charge in [0.05, 0.1) is 0 Å². The van der Waals surface area contributed by atoms with Gasteiger partial charge in [-0.2, -0.15) is 5.10 Å². The molecule has 0 fully saturated rings. The number of carbonyl (C=O) groups excluding carboxylic acids is 1. The maximum atomic E-state index is 13.6. The minimum absolute atomic E-state index is 0.107. The van der Waals surface area contributed by atoms with E-state index in [0.717, 1.165) is 11.1 Å². The topological polar surface area (TPSA) is 62.7 Å². The van der Waals surface area contributed by atoms with Crippen molar-refractivity contribution in [1.82, 2.24) is 20.1 Å². The van der Waals surface area contributed by atoms with Gasteiger partial charge in [0.25, 0.3) is 0 Å². The zero-order chi connectivity index (χ0) is 19.2. The molecule has 0 bridgehead atoms. The number of hydrogen-bond acceptors (Lipinski definition) is 3. The first-order valence-electron chi connectivity index (χ1n) is 8.77. The van der Waals surface area contributed by atoms with Gasteiger partial charge in [-0.25, -0.2) is 4.39 Å². The molecule has 3 rings (SSSR count). The van der Waals surface area contributed by atoms with Crippen LogP contribution in [0.15, 0.2) is 48.5 Å². The molecule has 0 saturated heterocycles. The molecule has 0 unspecified atom stereocenters. The lowest BCUT2D eigenvalue weighted by Gasteiger charge is -2.09. The number of H-pyrrole nitrogens is 1. The number of hydrogen-bond donors (Lipinski definition) is 2. The third-order valence-electron chi connectivity index (χ3n) is 4.30. The molecule has 1 heterocycles. The Bertz CT molecular complexity index is 978. The number of aromatic amines is 1. The monoisotopic (exact) mass is 384 g/mol. The van der Waals surface area contributed by atoms with Crippen LogP contribution in [0, 0.1) is 17.5 Å². The minimum atomic E-state index is -0.251. The van der Waals surface area contributed by atoms with Crippen LogP contribution >= 0.6 is 12.2 Å². The zero-order valence-corrected chi connectivity index (χ0v) is 15.9. The van der Waals surface area contributed by atoms with Gasteiger partial charge < -0.3 is 5.32 Å². The van der Waals surface area contributed by atoms with Crippen LogP contribution in [0.5, 0.6) is 0 Å². The third kappa shape index (κ3) is 4.89. The molecular weight excluding hydrogens is 363 g/mol. The summed E-state index contributed by atoms with van der Waals surface area (Å²) in [6, 6.07) is 14.5. The fourth-order valence-corrected chi connectivity index (χ4v) is 3.01. The molecule has 140 valence electrons. The second-order valence-corrected chi connectivity index (χ2v) is 6.70. The van der Waals surface area contributed by atoms with Gasteiger partial charge >= 0.3 is 0 Å². The summed E-state index contributed by atoms with van der Waals surface area (Å²) in [7, 11) is 0. The fourth-order valence-electron chi connectivity index (χ4n) is 2.79. The molecular formula is C20H21FN4OS. The van der Waals surface area contributed by atoms with E-state index in [4.69, 9.17) is 12.2 Å². The standard InChI is InChI=1S/C20H21FN4OS/c1-14-6-8-16(9-7-14)19-23-24-20(27)25(19)13-11-18(26)22-12-10-15-4-2-3-5-17(15)21/h2-9H,10-13H2,1H3,(H,22,26)(H,24,27). The molecule has 5 nitrogen and oxygen atoms in total. The second kappa shape index (κ2) is 8.73. The predicted octanol–water partition coefficient (Wildman–Crippen LogP) is 3.80. The fraction of sp³-hybridized carbons (Fsp3) is 0.250. The van der Waals surface area contributed by atoms with E-state index in [1.165, 1.54) is 6.07 Å². The molecule has 0 aliphatic heterocycles. The highest BCUT2D eigenvalue weighted by atomic mass is 32.1. The van der Waals surface area contributed by atoms with Crippen molar-refractivity contribution in [2.45, 2.75) is 26.3 Å². The van der Waals surface area contributed by atoms with E-state index >= 15 is 0 Å². The van der Waals surface area contributed by atoms with E-state index in [-0.39, 0.29) is 18.1 Å². The van der Waals surface area contributed by atoms with Crippen molar-refractivity contribution in [3.8, 4) is 11.4 Å². The predicted molar refractivity (Wildman–Crippen MR) is 105 cm³/mol. The van der Waals surface area contributed by atoms with Gasteiger partial charge in [-0.3, -0.25) is 14.5 Å². The van der Waals surface area contributed by atoms with Crippen molar-refractivity contribution in [2.24, 2.45) is 0 Å². The number of amides is 1. The Morgan fingerprint density at radius 2 is 1.96 bits per heavy atom. The Morgan fingerprint density at radius 1 is 1.22 bits per heavy atom. The van der Waals surface area contributed by atoms with E-state index in [9.17, 15) is 9.18 Å². The van der Waals surface area contributed by atoms with Crippen molar-refractivity contribution in [1.29, 1.82) is 0 Å². The highest BCUT2D eigenvalue weighted by Gasteiger charge is 2.11. The average molecular weight is 384 g/mol. The molecule has 2 aromatic carbocycles. The molecule has 0 atom stereocenters. The van der Waals surface area contributed by atoms with Crippen molar-refractivity contribution >= 4 is 18.1 Å². The number of nitrogens with zero attached hydrogens (tertiary/aromatic N) is 2. The number of nitrogens with one attached hydrogen (secondary N) is 2. The number of halogens is 1. The lowest BCUT2D eigenvalue weighted by molar-refractivity contribution is -0.121. The summed E-state index contributed by atoms with van der Waals surface area (Å²) in [5, 5.41) is 9.89. The van der Waals surface area contributed by atoms with E-state index in [1.54, 1.807) is 18.2 Å². The molecule has 0 radical (unpaired) electrons. The van der Waals surface area contributed by atoms with Gasteiger partial charge in [0.2, 0.25) is 5.91 Å². The van der Waals surface area contributed by atoms with Crippen molar-refractivity contribution in [2.75, 3.05) is 6.54 Å². The highest BCUT2D eigenvalue weighted by Crippen LogP contribution is 2.18. The number of aryl methyl sites for hydroxylation is 1. The molecule has 27 heavy (non-hydrogen) atoms. The van der Waals surface area contributed by atoms with Crippen LogP contribution in [0.25, 0.3) is 11.4 Å². The smallest absolute Gasteiger partial charge is 0.221 e. The first-order chi connectivity index (χ1) is 13.0. The Kier molecular flexibility index (Phi) is 6.13. The SMILES string of the molecule is Cc1ccc(-c2n[nH]c(=S)n2CCC(=O)NCCc2ccccc2F)cc1. The van der Waals surface area contributed by atoms with Crippen molar-refractivity contribution < 1.29 is 9.18 Å². The van der Waals surface area contributed by atoms with Crippen LogP contribution in [-0.4, -0.2) is 27.2 Å². The van der Waals surface area contributed by atoms with Gasteiger partial charge in [0, 0.05) is 25.1 Å². The number of aromatic nitrogens is 3. The Hall–Kier alpha value is -2.80. The van der Waals surface area contributed by atoms with Crippen LogP contribution in [0.3, 0.4) is 0 Å². The van der Waals surface area contributed by atoms with Crippen molar-refractivity contribution in [3.63, 3.8) is 0 Å². The van der Waals surface area contributed by atoms with Crippen LogP contribution in [0.4, 0.5) is 4.39 Å². The molecule has 7 heteroatoms. The molecule has 0 spiro atoms. The largest absolute Gasteiger partial charge is 0.356 e. The second-order valence-electron chi connectivity index (χ2n) is 6.31. The normalized spacial score (nSPS) is 10.7. The first kappa shape index (κ1) is 19.0. The van der Waals surface area contributed by atoms with E-state index in [1.807, 2.05) is 35.8 Å². The van der Waals surface area contributed by atoms with Gasteiger partial charge in [-0.15, -0.1) is 0 Å². The Balaban J connectivity index is 1.56. The summed E-state index contributed by atoms with van der Waals surface area (Å²) in [5.41, 5.74) is 2.69. The van der Waals surface area contributed by atoms with Gasteiger partial charge in [0.15, 0.2) is 10.6 Å². The summed E-state index contributed by atoms with van der Waals surface area (Å²) in [6.45, 7) is 2.83. The Morgan fingerprint density at radius 3 is 2.70 bits per heavy atom. The molecule has 0 aliphatic rings. The number of rotatable bonds is 7. The molecule has 0 saturated carbocycles. The number of benzene rings is 2. The lowest BCUT2D eigenvalue weighted by Crippen LogP contribution is -2.26. The summed E-state index contributed by atoms with van der Waals surface area (Å²) in [5.74, 6) is 0.350. The summed E-state index contributed by atoms with van der Waals surface area (Å²) < 4.78 is 15.9. The summed E-state index contributed by atoms with van der Waals surface area (Å²) in [4.78, 5) is 12.1. The number of carbonyl (C=O) groups is 1. The third-order valence-corrected chi connectivity index (χ3v) is 4.62. The minimum Gasteiger partial charge on any atom is -0.356 e. The maximum Gasteiger partial charge on any atom is 0.221 e. The highest BCUT2D eigenvalue weighted by molar-refractivity contribution is 7.71. The van der Waals surface area contributed by atoms with Crippen LogP contribution in [0.1, 0.15) is 17.5 Å². The molecule has 3 aromatic rings. The van der Waals surface area contributed by atoms with Gasteiger partial charge in [0.1, 0.15) is 5.82 Å². The molecule has 1 aromatic heterocycles. The summed E-state index contributed by atoms with van der Waals surface area (Å²) in [6.07, 6.45) is 0.724. The molecule has 1 amide bonds. The van der Waals surface area contributed by atoms with Crippen LogP contribution in [-0.2, 0) is 17.8 Å². The van der Waals surface area contributed by atoms with Crippen LogP contribution < -0.4 is 5.32 Å². The van der Waals surface area contributed by atoms with Gasteiger partial charge in [-0.05, 0) is 37.2 Å². The van der Waals surface area contributed by atoms with E-state index < -0.39 is 0 Å². The van der Waals surface area contributed by atoms with Gasteiger partial charge in [-0.1, -0.05) is 48.0 Å². The lowest BCUT2D eigenvalue weighted by atomic mass is 10.1. The van der Waals surface area contributed by atoms with Crippen molar-refractivity contribution in [3.05, 3.63) is 70.2 Å². The maximum absolute atomic E-state index is 13.6. The van der Waals surface area contributed by atoms with E-state index in [0.29, 0.717) is 35.7 Å². The average Bonchev–Trinajstić information content (AvgIpc) is 3.03. The molecule has 2 N–H and O–H groups in total. The van der Waals surface area contributed by atoms with E-state index in [2.05, 4.69) is 15.5 Å². The van der Waals surface area contributed by atoms with Crippen LogP contribution in [0.2, 0.25) is 0 Å². The zero-order valence-electron chi connectivity index (χ0n) is 15.0. The summed E-state index contributed by atoms with van der Waals surface area (Å²) >= 11 is 5.29. The Labute approximate surface area is 162 Å².